The normalized spacial score (nSPS) is 15.5. The Balaban J connectivity index is 1.52. The fourth-order valence-electron chi connectivity index (χ4n) is 3.56. The molecule has 0 saturated carbocycles. The van der Waals surface area contributed by atoms with E-state index < -0.39 is 0 Å². The number of hydrogen-bond acceptors (Lipinski definition) is 4. The van der Waals surface area contributed by atoms with Crippen molar-refractivity contribution in [2.45, 2.75) is 58.7 Å². The number of hydrogen-bond donors (Lipinski definition) is 1. The Bertz CT molecular complexity index is 854. The number of nitrogens with zero attached hydrogens (tertiary/aromatic N) is 3. The van der Waals surface area contributed by atoms with Crippen molar-refractivity contribution in [3.05, 3.63) is 63.6 Å². The van der Waals surface area contributed by atoms with Crippen LogP contribution in [-0.2, 0) is 13.1 Å². The van der Waals surface area contributed by atoms with Crippen LogP contribution >= 0.6 is 0 Å². The molecule has 0 unspecified atom stereocenters. The fourth-order valence-corrected chi connectivity index (χ4v) is 3.56. The minimum absolute atomic E-state index is 0.151. The molecule has 2 heterocycles. The van der Waals surface area contributed by atoms with Crippen LogP contribution in [0.15, 0.2) is 41.2 Å². The Morgan fingerprint density at radius 3 is 2.64 bits per heavy atom. The summed E-state index contributed by atoms with van der Waals surface area (Å²) in [6, 6.07) is 11.6. The van der Waals surface area contributed by atoms with Gasteiger partial charge >= 0.3 is 0 Å². The molecule has 0 atom stereocenters. The average Bonchev–Trinajstić information content (AvgIpc) is 2.70. The molecule has 0 spiro atoms. The largest absolute Gasteiger partial charge is 0.348 e. The number of amides is 1. The lowest BCUT2D eigenvalue weighted by molar-refractivity contribution is 0.0901. The lowest BCUT2D eigenvalue weighted by Crippen LogP contribution is -2.44. The van der Waals surface area contributed by atoms with Gasteiger partial charge in [-0.25, -0.2) is 4.68 Å². The van der Waals surface area contributed by atoms with Crippen LogP contribution in [0.3, 0.4) is 0 Å². The number of aromatic nitrogens is 2. The molecule has 1 fully saturated rings. The molecular weight excluding hydrogens is 352 g/mol. The van der Waals surface area contributed by atoms with E-state index in [1.807, 2.05) is 0 Å². The number of carbonyl (C=O) groups excluding carboxylic acids is 1. The molecule has 28 heavy (non-hydrogen) atoms. The molecular formula is C22H30N4O2. The number of rotatable bonds is 7. The van der Waals surface area contributed by atoms with Crippen LogP contribution in [0.2, 0.25) is 0 Å². The van der Waals surface area contributed by atoms with E-state index >= 15 is 0 Å². The lowest BCUT2D eigenvalue weighted by Gasteiger charge is -2.32. The van der Waals surface area contributed by atoms with Gasteiger partial charge in [0, 0.05) is 38.3 Å². The molecule has 1 aromatic heterocycles. The summed E-state index contributed by atoms with van der Waals surface area (Å²) in [5.74, 6) is -0.192. The Kier molecular flexibility index (Phi) is 6.98. The van der Waals surface area contributed by atoms with Crippen molar-refractivity contribution in [3.63, 3.8) is 0 Å². The molecule has 3 rings (SSSR count). The van der Waals surface area contributed by atoms with Crippen molar-refractivity contribution < 1.29 is 4.79 Å². The first-order chi connectivity index (χ1) is 13.6. The average molecular weight is 383 g/mol. The Hall–Kier alpha value is -2.47. The molecule has 6 heteroatoms. The van der Waals surface area contributed by atoms with Gasteiger partial charge in [0.15, 0.2) is 0 Å². The van der Waals surface area contributed by atoms with Gasteiger partial charge in [-0.1, -0.05) is 37.6 Å². The smallest absolute Gasteiger partial charge is 0.271 e. The van der Waals surface area contributed by atoms with Crippen LogP contribution in [0, 0.1) is 6.92 Å². The van der Waals surface area contributed by atoms with Gasteiger partial charge in [0.25, 0.3) is 11.5 Å². The molecule has 1 aromatic carbocycles. The van der Waals surface area contributed by atoms with Gasteiger partial charge in [-0.3, -0.25) is 14.5 Å². The fraction of sp³-hybridized carbons (Fsp3) is 0.500. The Morgan fingerprint density at radius 1 is 1.18 bits per heavy atom. The van der Waals surface area contributed by atoms with E-state index in [1.165, 1.54) is 27.9 Å². The van der Waals surface area contributed by atoms with E-state index in [0.29, 0.717) is 12.2 Å². The molecule has 1 aliphatic heterocycles. The van der Waals surface area contributed by atoms with E-state index in [4.69, 9.17) is 0 Å². The third kappa shape index (κ3) is 5.29. The van der Waals surface area contributed by atoms with E-state index in [9.17, 15) is 9.59 Å². The summed E-state index contributed by atoms with van der Waals surface area (Å²) >= 11 is 0. The summed E-state index contributed by atoms with van der Waals surface area (Å²) in [4.78, 5) is 26.9. The first-order valence-electron chi connectivity index (χ1n) is 10.2. The van der Waals surface area contributed by atoms with Gasteiger partial charge in [0.1, 0.15) is 5.69 Å². The maximum atomic E-state index is 12.6. The molecule has 0 bridgehead atoms. The summed E-state index contributed by atoms with van der Waals surface area (Å²) in [5.41, 5.74) is 2.85. The van der Waals surface area contributed by atoms with Crippen LogP contribution in [0.25, 0.3) is 0 Å². The van der Waals surface area contributed by atoms with Crippen LogP contribution in [0.1, 0.15) is 54.2 Å². The highest BCUT2D eigenvalue weighted by atomic mass is 16.2. The van der Waals surface area contributed by atoms with E-state index in [0.717, 1.165) is 45.3 Å². The molecule has 1 amide bonds. The highest BCUT2D eigenvalue weighted by Gasteiger charge is 2.22. The van der Waals surface area contributed by atoms with Crippen molar-refractivity contribution in [2.24, 2.45) is 0 Å². The molecule has 6 nitrogen and oxygen atoms in total. The minimum atomic E-state index is -0.192. The van der Waals surface area contributed by atoms with Crippen LogP contribution < -0.4 is 10.9 Å². The number of carbonyl (C=O) groups is 1. The summed E-state index contributed by atoms with van der Waals surface area (Å²) in [7, 11) is 0. The van der Waals surface area contributed by atoms with Crippen LogP contribution in [0.5, 0.6) is 0 Å². The standard InChI is InChI=1S/C22H30N4O2/c1-3-4-13-26-21(27)10-9-20(24-26)22(28)23-19-11-14-25(15-12-19)16-18-8-6-5-7-17(18)2/h5-10,19H,3-4,11-16H2,1-2H3,(H,23,28). The molecule has 150 valence electrons. The van der Waals surface area contributed by atoms with Crippen molar-refractivity contribution in [1.82, 2.24) is 20.0 Å². The summed E-state index contributed by atoms with van der Waals surface area (Å²) in [5, 5.41) is 7.33. The molecule has 2 aromatic rings. The predicted molar refractivity (Wildman–Crippen MR) is 110 cm³/mol. The van der Waals surface area contributed by atoms with Gasteiger partial charge in [-0.2, -0.15) is 5.10 Å². The van der Waals surface area contributed by atoms with Crippen LogP contribution in [-0.4, -0.2) is 39.7 Å². The number of nitrogens with one attached hydrogen (secondary N) is 1. The number of unbranched alkanes of at least 4 members (excludes halogenated alkanes) is 1. The van der Waals surface area contributed by atoms with E-state index in [2.05, 4.69) is 53.4 Å². The number of likely N-dealkylation sites (tertiary alicyclic amines) is 1. The SMILES string of the molecule is CCCCn1nc(C(=O)NC2CCN(Cc3ccccc3C)CC2)ccc1=O. The van der Waals surface area contributed by atoms with E-state index in [1.54, 1.807) is 0 Å². The molecule has 0 radical (unpaired) electrons. The quantitative estimate of drug-likeness (QED) is 0.800. The second-order valence-corrected chi connectivity index (χ2v) is 7.58. The van der Waals surface area contributed by atoms with Gasteiger partial charge < -0.3 is 5.32 Å². The highest BCUT2D eigenvalue weighted by molar-refractivity contribution is 5.92. The molecule has 1 N–H and O–H groups in total. The summed E-state index contributed by atoms with van der Waals surface area (Å²) < 4.78 is 1.39. The monoisotopic (exact) mass is 382 g/mol. The zero-order valence-corrected chi connectivity index (χ0v) is 16.9. The number of piperidine rings is 1. The predicted octanol–water partition coefficient (Wildman–Crippen LogP) is 2.75. The highest BCUT2D eigenvalue weighted by Crippen LogP contribution is 2.16. The molecule has 1 saturated heterocycles. The maximum Gasteiger partial charge on any atom is 0.271 e. The third-order valence-corrected chi connectivity index (χ3v) is 5.40. The minimum Gasteiger partial charge on any atom is -0.348 e. The summed E-state index contributed by atoms with van der Waals surface area (Å²) in [6.45, 7) is 7.64. The van der Waals surface area contributed by atoms with Gasteiger partial charge in [-0.15, -0.1) is 0 Å². The second kappa shape index (κ2) is 9.64. The second-order valence-electron chi connectivity index (χ2n) is 7.58. The number of benzene rings is 1. The van der Waals surface area contributed by atoms with Crippen molar-refractivity contribution in [2.75, 3.05) is 13.1 Å². The molecule has 0 aliphatic carbocycles. The van der Waals surface area contributed by atoms with Crippen molar-refractivity contribution in [1.29, 1.82) is 0 Å². The third-order valence-electron chi connectivity index (χ3n) is 5.40. The van der Waals surface area contributed by atoms with Crippen molar-refractivity contribution >= 4 is 5.91 Å². The van der Waals surface area contributed by atoms with Gasteiger partial charge in [0.2, 0.25) is 0 Å². The Labute approximate surface area is 166 Å². The van der Waals surface area contributed by atoms with Crippen LogP contribution in [0.4, 0.5) is 0 Å². The first-order valence-corrected chi connectivity index (χ1v) is 10.2. The lowest BCUT2D eigenvalue weighted by atomic mass is 10.0. The zero-order valence-electron chi connectivity index (χ0n) is 16.9. The van der Waals surface area contributed by atoms with Gasteiger partial charge in [0.05, 0.1) is 0 Å². The zero-order chi connectivity index (χ0) is 19.9. The maximum absolute atomic E-state index is 12.6. The summed E-state index contributed by atoms with van der Waals surface area (Å²) in [6.07, 6.45) is 3.70. The van der Waals surface area contributed by atoms with Gasteiger partial charge in [-0.05, 0) is 43.4 Å². The first kappa shape index (κ1) is 20.3. The topological polar surface area (TPSA) is 67.2 Å². The number of aryl methyl sites for hydroxylation is 2. The molecule has 1 aliphatic rings. The Morgan fingerprint density at radius 2 is 1.93 bits per heavy atom. The van der Waals surface area contributed by atoms with E-state index in [-0.39, 0.29) is 17.5 Å². The van der Waals surface area contributed by atoms with Crippen molar-refractivity contribution in [3.8, 4) is 0 Å².